The Morgan fingerprint density at radius 1 is 1.12 bits per heavy atom. The molecule has 0 atom stereocenters. The Kier molecular flexibility index (Phi) is 6.30. The first-order valence-corrected chi connectivity index (χ1v) is 8.61. The number of aromatic amines is 1. The Labute approximate surface area is 151 Å². The zero-order chi connectivity index (χ0) is 16.3. The predicted molar refractivity (Wildman–Crippen MR) is 103 cm³/mol. The smallest absolute Gasteiger partial charge is 0.0540 e. The van der Waals surface area contributed by atoms with Crippen molar-refractivity contribution in [2.75, 3.05) is 18.4 Å². The van der Waals surface area contributed by atoms with E-state index in [1.54, 1.807) is 0 Å². The third-order valence-corrected chi connectivity index (χ3v) is 4.67. The van der Waals surface area contributed by atoms with Gasteiger partial charge in [0.15, 0.2) is 0 Å². The van der Waals surface area contributed by atoms with Gasteiger partial charge in [-0.05, 0) is 49.5 Å². The summed E-state index contributed by atoms with van der Waals surface area (Å²) in [5.41, 5.74) is 5.17. The molecule has 1 aromatic heterocycles. The van der Waals surface area contributed by atoms with Gasteiger partial charge in [-0.2, -0.15) is 5.10 Å². The van der Waals surface area contributed by atoms with Crippen LogP contribution in [-0.2, 0) is 12.0 Å². The second kappa shape index (κ2) is 8.04. The minimum Gasteiger partial charge on any atom is -0.381 e. The van der Waals surface area contributed by atoms with E-state index in [2.05, 4.69) is 65.9 Å². The van der Waals surface area contributed by atoms with Crippen LogP contribution in [0.1, 0.15) is 56.4 Å². The highest BCUT2D eigenvalue weighted by Crippen LogP contribution is 2.27. The Balaban J connectivity index is 0.00000208. The minimum absolute atomic E-state index is 0. The average Bonchev–Trinajstić information content (AvgIpc) is 3.03. The summed E-state index contributed by atoms with van der Waals surface area (Å²) >= 11 is 0. The molecular weight excluding hydrogens is 320 g/mol. The molecule has 5 heteroatoms. The van der Waals surface area contributed by atoms with E-state index < -0.39 is 0 Å². The monoisotopic (exact) mass is 348 g/mol. The summed E-state index contributed by atoms with van der Waals surface area (Å²) in [6, 6.07) is 8.96. The third-order valence-electron chi connectivity index (χ3n) is 4.67. The van der Waals surface area contributed by atoms with E-state index in [9.17, 15) is 0 Å². The number of aromatic nitrogens is 2. The largest absolute Gasteiger partial charge is 0.381 e. The van der Waals surface area contributed by atoms with E-state index in [0.717, 1.165) is 19.6 Å². The number of nitrogens with one attached hydrogen (secondary N) is 3. The molecule has 3 rings (SSSR count). The van der Waals surface area contributed by atoms with Crippen LogP contribution in [-0.4, -0.2) is 23.3 Å². The van der Waals surface area contributed by atoms with Crippen molar-refractivity contribution in [3.63, 3.8) is 0 Å². The average molecular weight is 349 g/mol. The van der Waals surface area contributed by atoms with E-state index in [1.807, 2.05) is 6.20 Å². The summed E-state index contributed by atoms with van der Waals surface area (Å²) in [6.45, 7) is 9.70. The molecule has 24 heavy (non-hydrogen) atoms. The molecule has 0 unspecified atom stereocenters. The van der Waals surface area contributed by atoms with Crippen LogP contribution in [0.15, 0.2) is 30.5 Å². The summed E-state index contributed by atoms with van der Waals surface area (Å²) < 4.78 is 0. The molecule has 0 radical (unpaired) electrons. The van der Waals surface area contributed by atoms with Crippen molar-refractivity contribution < 1.29 is 0 Å². The quantitative estimate of drug-likeness (QED) is 0.775. The number of rotatable bonds is 4. The lowest BCUT2D eigenvalue weighted by atomic mass is 9.89. The van der Waals surface area contributed by atoms with Crippen molar-refractivity contribution in [2.24, 2.45) is 0 Å². The van der Waals surface area contributed by atoms with Crippen LogP contribution < -0.4 is 10.6 Å². The van der Waals surface area contributed by atoms with Gasteiger partial charge in [0, 0.05) is 28.9 Å². The molecule has 0 amide bonds. The van der Waals surface area contributed by atoms with Gasteiger partial charge >= 0.3 is 0 Å². The van der Waals surface area contributed by atoms with Gasteiger partial charge in [-0.1, -0.05) is 32.9 Å². The van der Waals surface area contributed by atoms with Gasteiger partial charge in [0.25, 0.3) is 0 Å². The lowest BCUT2D eigenvalue weighted by Gasteiger charge is -2.23. The molecule has 4 nitrogen and oxygen atoms in total. The molecule has 0 bridgehead atoms. The maximum atomic E-state index is 4.21. The second-order valence-electron chi connectivity index (χ2n) is 7.52. The maximum Gasteiger partial charge on any atom is 0.0540 e. The van der Waals surface area contributed by atoms with Crippen molar-refractivity contribution >= 4 is 18.1 Å². The zero-order valence-corrected chi connectivity index (χ0v) is 15.7. The highest BCUT2D eigenvalue weighted by atomic mass is 35.5. The molecular formula is C19H29ClN4. The SMILES string of the molecule is CC(C)(C)c1[nH]ncc1CNc1ccc(C2CCNCC2)cc1.Cl. The molecule has 0 saturated carbocycles. The third kappa shape index (κ3) is 4.52. The number of anilines is 1. The highest BCUT2D eigenvalue weighted by Gasteiger charge is 2.19. The number of hydrogen-bond donors (Lipinski definition) is 3. The van der Waals surface area contributed by atoms with Gasteiger partial charge in [0.05, 0.1) is 6.20 Å². The first kappa shape index (κ1) is 18.8. The minimum atomic E-state index is 0. The van der Waals surface area contributed by atoms with Crippen LogP contribution in [0.25, 0.3) is 0 Å². The number of benzene rings is 1. The fourth-order valence-corrected chi connectivity index (χ4v) is 3.32. The van der Waals surface area contributed by atoms with Crippen LogP contribution in [0.3, 0.4) is 0 Å². The Morgan fingerprint density at radius 3 is 2.42 bits per heavy atom. The van der Waals surface area contributed by atoms with E-state index >= 15 is 0 Å². The molecule has 3 N–H and O–H groups in total. The molecule has 1 saturated heterocycles. The van der Waals surface area contributed by atoms with E-state index in [-0.39, 0.29) is 17.8 Å². The van der Waals surface area contributed by atoms with Gasteiger partial charge in [0.2, 0.25) is 0 Å². The molecule has 1 aliphatic rings. The van der Waals surface area contributed by atoms with Crippen LogP contribution in [0.2, 0.25) is 0 Å². The summed E-state index contributed by atoms with van der Waals surface area (Å²) in [6.07, 6.45) is 4.42. The van der Waals surface area contributed by atoms with Gasteiger partial charge in [-0.15, -0.1) is 12.4 Å². The fraction of sp³-hybridized carbons (Fsp3) is 0.526. The molecule has 1 aliphatic heterocycles. The second-order valence-corrected chi connectivity index (χ2v) is 7.52. The van der Waals surface area contributed by atoms with E-state index in [4.69, 9.17) is 0 Å². The number of nitrogens with zero attached hydrogens (tertiary/aromatic N) is 1. The van der Waals surface area contributed by atoms with Gasteiger partial charge in [-0.3, -0.25) is 5.10 Å². The van der Waals surface area contributed by atoms with Crippen molar-refractivity contribution in [3.05, 3.63) is 47.3 Å². The van der Waals surface area contributed by atoms with Crippen molar-refractivity contribution in [1.82, 2.24) is 15.5 Å². The number of halogens is 1. The van der Waals surface area contributed by atoms with Crippen molar-refractivity contribution in [2.45, 2.75) is 51.5 Å². The number of piperidine rings is 1. The van der Waals surface area contributed by atoms with Crippen LogP contribution in [0, 0.1) is 0 Å². The zero-order valence-electron chi connectivity index (χ0n) is 14.9. The van der Waals surface area contributed by atoms with Gasteiger partial charge < -0.3 is 10.6 Å². The molecule has 2 heterocycles. The van der Waals surface area contributed by atoms with Gasteiger partial charge in [-0.25, -0.2) is 0 Å². The maximum absolute atomic E-state index is 4.21. The molecule has 0 spiro atoms. The van der Waals surface area contributed by atoms with Crippen molar-refractivity contribution in [1.29, 1.82) is 0 Å². The summed E-state index contributed by atoms with van der Waals surface area (Å²) in [5, 5.41) is 14.3. The van der Waals surface area contributed by atoms with Crippen LogP contribution >= 0.6 is 12.4 Å². The lowest BCUT2D eigenvalue weighted by molar-refractivity contribution is 0.460. The lowest BCUT2D eigenvalue weighted by Crippen LogP contribution is -2.26. The first-order chi connectivity index (χ1) is 11.0. The van der Waals surface area contributed by atoms with Crippen LogP contribution in [0.5, 0.6) is 0 Å². The molecule has 132 valence electrons. The Morgan fingerprint density at radius 2 is 1.79 bits per heavy atom. The summed E-state index contributed by atoms with van der Waals surface area (Å²) in [7, 11) is 0. The number of hydrogen-bond acceptors (Lipinski definition) is 3. The molecule has 1 fully saturated rings. The van der Waals surface area contributed by atoms with Crippen molar-refractivity contribution in [3.8, 4) is 0 Å². The van der Waals surface area contributed by atoms with Crippen LogP contribution in [0.4, 0.5) is 5.69 Å². The predicted octanol–water partition coefficient (Wildman–Crippen LogP) is 4.21. The summed E-state index contributed by atoms with van der Waals surface area (Å²) in [4.78, 5) is 0. The fourth-order valence-electron chi connectivity index (χ4n) is 3.32. The van der Waals surface area contributed by atoms with Gasteiger partial charge in [0.1, 0.15) is 0 Å². The van der Waals surface area contributed by atoms with E-state index in [0.29, 0.717) is 5.92 Å². The standard InChI is InChI=1S/C19H28N4.ClH/c1-19(2,3)18-16(13-22-23-18)12-21-17-6-4-14(5-7-17)15-8-10-20-11-9-15;/h4-7,13,15,20-21H,8-12H2,1-3H3,(H,22,23);1H. The first-order valence-electron chi connectivity index (χ1n) is 8.61. The summed E-state index contributed by atoms with van der Waals surface area (Å²) in [5.74, 6) is 0.715. The van der Waals surface area contributed by atoms with E-state index in [1.165, 1.54) is 35.3 Å². The number of H-pyrrole nitrogens is 1. The topological polar surface area (TPSA) is 52.7 Å². The Bertz CT molecular complexity index is 622. The normalized spacial score (nSPS) is 15.8. The molecule has 0 aliphatic carbocycles. The Hall–Kier alpha value is -1.52. The molecule has 2 aromatic rings. The molecule has 1 aromatic carbocycles. The highest BCUT2D eigenvalue weighted by molar-refractivity contribution is 5.85.